The quantitative estimate of drug-likeness (QED) is 0.690. The topological polar surface area (TPSA) is 46.0 Å². The van der Waals surface area contributed by atoms with Crippen molar-refractivity contribution in [1.82, 2.24) is 14.9 Å². The fourth-order valence-electron chi connectivity index (χ4n) is 1.18. The van der Waals surface area contributed by atoms with Gasteiger partial charge in [0.25, 0.3) is 6.43 Å². The van der Waals surface area contributed by atoms with Crippen LogP contribution in [0.25, 0.3) is 0 Å². The van der Waals surface area contributed by atoms with Crippen LogP contribution in [0.4, 0.5) is 8.78 Å². The minimum absolute atomic E-state index is 0.0470. The Balaban J connectivity index is 2.36. The van der Waals surface area contributed by atoms with Crippen molar-refractivity contribution >= 4 is 29.8 Å². The molecule has 1 N–H and O–H groups in total. The SMILES string of the molecule is Cc1ccsc1/C=N/n1c(C(F)F)n[nH]c1=S. The zero-order valence-corrected chi connectivity index (χ0v) is 10.4. The van der Waals surface area contributed by atoms with E-state index in [4.69, 9.17) is 12.2 Å². The fourth-order valence-corrected chi connectivity index (χ4v) is 2.15. The van der Waals surface area contributed by atoms with E-state index in [1.54, 1.807) is 0 Å². The molecule has 4 nitrogen and oxygen atoms in total. The summed E-state index contributed by atoms with van der Waals surface area (Å²) in [6, 6.07) is 1.93. The van der Waals surface area contributed by atoms with Crippen LogP contribution in [-0.2, 0) is 0 Å². The highest BCUT2D eigenvalue weighted by Crippen LogP contribution is 2.17. The Morgan fingerprint density at radius 3 is 3.00 bits per heavy atom. The number of aromatic nitrogens is 3. The number of rotatable bonds is 3. The van der Waals surface area contributed by atoms with Crippen LogP contribution in [0.15, 0.2) is 16.5 Å². The molecule has 0 bridgehead atoms. The summed E-state index contributed by atoms with van der Waals surface area (Å²) in [5, 5.41) is 11.5. The summed E-state index contributed by atoms with van der Waals surface area (Å²) in [5.74, 6) is -0.486. The lowest BCUT2D eigenvalue weighted by Gasteiger charge is -1.97. The average Bonchev–Trinajstić information content (AvgIpc) is 2.82. The summed E-state index contributed by atoms with van der Waals surface area (Å²) < 4.78 is 26.1. The summed E-state index contributed by atoms with van der Waals surface area (Å²) in [6.07, 6.45) is -1.22. The van der Waals surface area contributed by atoms with Crippen LogP contribution in [-0.4, -0.2) is 21.1 Å². The molecule has 90 valence electrons. The number of alkyl halides is 2. The first-order chi connectivity index (χ1) is 8.09. The maximum atomic E-state index is 12.6. The molecule has 2 aromatic rings. The van der Waals surface area contributed by atoms with Crippen LogP contribution in [0, 0.1) is 11.7 Å². The number of nitrogens with zero attached hydrogens (tertiary/aromatic N) is 3. The van der Waals surface area contributed by atoms with Crippen molar-refractivity contribution in [1.29, 1.82) is 0 Å². The largest absolute Gasteiger partial charge is 0.299 e. The Hall–Kier alpha value is -1.41. The zero-order valence-electron chi connectivity index (χ0n) is 8.72. The summed E-state index contributed by atoms with van der Waals surface area (Å²) in [7, 11) is 0. The van der Waals surface area contributed by atoms with Gasteiger partial charge in [-0.2, -0.15) is 14.9 Å². The van der Waals surface area contributed by atoms with Crippen LogP contribution < -0.4 is 0 Å². The van der Waals surface area contributed by atoms with E-state index in [1.807, 2.05) is 18.4 Å². The van der Waals surface area contributed by atoms with Gasteiger partial charge < -0.3 is 0 Å². The van der Waals surface area contributed by atoms with Gasteiger partial charge in [-0.3, -0.25) is 0 Å². The molecule has 2 aromatic heterocycles. The van der Waals surface area contributed by atoms with Crippen molar-refractivity contribution in [3.8, 4) is 0 Å². The Bertz CT molecular complexity index is 596. The van der Waals surface area contributed by atoms with E-state index in [0.29, 0.717) is 0 Å². The van der Waals surface area contributed by atoms with Gasteiger partial charge in [0, 0.05) is 0 Å². The molecule has 0 aromatic carbocycles. The van der Waals surface area contributed by atoms with Gasteiger partial charge in [-0.15, -0.1) is 11.3 Å². The minimum Gasteiger partial charge on any atom is -0.250 e. The first kappa shape index (κ1) is 12.1. The molecule has 0 fully saturated rings. The van der Waals surface area contributed by atoms with Crippen molar-refractivity contribution in [2.45, 2.75) is 13.3 Å². The van der Waals surface area contributed by atoms with E-state index < -0.39 is 12.2 Å². The molecule has 0 aliphatic rings. The molecule has 0 radical (unpaired) electrons. The highest BCUT2D eigenvalue weighted by molar-refractivity contribution is 7.71. The number of halogens is 2. The highest BCUT2D eigenvalue weighted by Gasteiger charge is 2.15. The third-order valence-corrected chi connectivity index (χ3v) is 3.28. The Morgan fingerprint density at radius 1 is 1.65 bits per heavy atom. The summed E-state index contributed by atoms with van der Waals surface area (Å²) >= 11 is 6.30. The second-order valence-electron chi connectivity index (χ2n) is 3.21. The molecule has 0 aliphatic heterocycles. The number of nitrogens with one attached hydrogen (secondary N) is 1. The van der Waals surface area contributed by atoms with Gasteiger partial charge in [0.1, 0.15) is 0 Å². The molecule has 0 amide bonds. The van der Waals surface area contributed by atoms with Crippen LogP contribution in [0.2, 0.25) is 0 Å². The first-order valence-corrected chi connectivity index (χ1v) is 5.92. The predicted molar refractivity (Wildman–Crippen MR) is 64.4 cm³/mol. The molecule has 17 heavy (non-hydrogen) atoms. The third kappa shape index (κ3) is 2.47. The third-order valence-electron chi connectivity index (χ3n) is 2.06. The highest BCUT2D eigenvalue weighted by atomic mass is 32.1. The number of thiophene rings is 1. The number of H-pyrrole nitrogens is 1. The second-order valence-corrected chi connectivity index (χ2v) is 4.55. The Morgan fingerprint density at radius 2 is 2.41 bits per heavy atom. The van der Waals surface area contributed by atoms with E-state index in [0.717, 1.165) is 15.1 Å². The number of aromatic amines is 1. The Labute approximate surface area is 105 Å². The molecule has 0 saturated heterocycles. The van der Waals surface area contributed by atoms with Gasteiger partial charge >= 0.3 is 0 Å². The minimum atomic E-state index is -2.72. The lowest BCUT2D eigenvalue weighted by atomic mass is 10.3. The molecular weight excluding hydrogens is 266 g/mol. The molecule has 0 atom stereocenters. The number of hydrogen-bond donors (Lipinski definition) is 1. The van der Waals surface area contributed by atoms with Gasteiger partial charge in [0.05, 0.1) is 11.1 Å². The van der Waals surface area contributed by atoms with Crippen LogP contribution >= 0.6 is 23.6 Å². The van der Waals surface area contributed by atoms with E-state index in [9.17, 15) is 8.78 Å². The number of aryl methyl sites for hydroxylation is 1. The van der Waals surface area contributed by atoms with Crippen molar-refractivity contribution in [2.75, 3.05) is 0 Å². The summed E-state index contributed by atoms with van der Waals surface area (Å²) in [4.78, 5) is 0.897. The summed E-state index contributed by atoms with van der Waals surface area (Å²) in [6.45, 7) is 1.92. The van der Waals surface area contributed by atoms with Crippen LogP contribution in [0.1, 0.15) is 22.7 Å². The van der Waals surface area contributed by atoms with Crippen molar-refractivity contribution in [2.24, 2.45) is 5.10 Å². The van der Waals surface area contributed by atoms with Gasteiger partial charge in [-0.05, 0) is 36.2 Å². The van der Waals surface area contributed by atoms with Crippen molar-refractivity contribution in [3.05, 3.63) is 32.5 Å². The number of hydrogen-bond acceptors (Lipinski definition) is 4. The molecule has 0 unspecified atom stereocenters. The molecule has 2 heterocycles. The van der Waals surface area contributed by atoms with E-state index >= 15 is 0 Å². The van der Waals surface area contributed by atoms with Crippen LogP contribution in [0.5, 0.6) is 0 Å². The fraction of sp³-hybridized carbons (Fsp3) is 0.222. The lowest BCUT2D eigenvalue weighted by Crippen LogP contribution is -1.99. The molecular formula is C9H8F2N4S2. The molecule has 2 rings (SSSR count). The second kappa shape index (κ2) is 4.84. The smallest absolute Gasteiger partial charge is 0.250 e. The lowest BCUT2D eigenvalue weighted by molar-refractivity contribution is 0.136. The normalized spacial score (nSPS) is 11.8. The molecule has 0 saturated carbocycles. The maximum absolute atomic E-state index is 12.6. The van der Waals surface area contributed by atoms with Crippen molar-refractivity contribution in [3.63, 3.8) is 0 Å². The molecule has 0 spiro atoms. The zero-order chi connectivity index (χ0) is 12.4. The standard InChI is InChI=1S/C9H8F2N4S2/c1-5-2-3-17-6(5)4-12-15-8(7(10)11)13-14-9(15)16/h2-4,7H,1H3,(H,14,16)/b12-4+. The predicted octanol–water partition coefficient (Wildman–Crippen LogP) is 3.13. The first-order valence-electron chi connectivity index (χ1n) is 4.63. The molecule has 0 aliphatic carbocycles. The van der Waals surface area contributed by atoms with E-state index in [-0.39, 0.29) is 4.77 Å². The molecule has 8 heteroatoms. The van der Waals surface area contributed by atoms with Gasteiger partial charge in [0.15, 0.2) is 0 Å². The summed E-state index contributed by atoms with van der Waals surface area (Å²) in [5.41, 5.74) is 1.03. The van der Waals surface area contributed by atoms with E-state index in [2.05, 4.69) is 15.3 Å². The Kier molecular flexibility index (Phi) is 3.43. The van der Waals surface area contributed by atoms with Crippen LogP contribution in [0.3, 0.4) is 0 Å². The van der Waals surface area contributed by atoms with Gasteiger partial charge in [-0.25, -0.2) is 13.9 Å². The van der Waals surface area contributed by atoms with E-state index in [1.165, 1.54) is 17.6 Å². The maximum Gasteiger partial charge on any atom is 0.299 e. The van der Waals surface area contributed by atoms with Gasteiger partial charge in [0.2, 0.25) is 10.6 Å². The van der Waals surface area contributed by atoms with Gasteiger partial charge in [-0.1, -0.05) is 0 Å². The average molecular weight is 274 g/mol. The monoisotopic (exact) mass is 274 g/mol. The van der Waals surface area contributed by atoms with Crippen molar-refractivity contribution < 1.29 is 8.78 Å².